The molecule has 0 atom stereocenters. The molecule has 0 unspecified atom stereocenters. The maximum absolute atomic E-state index is 13.3. The van der Waals surface area contributed by atoms with Crippen LogP contribution < -0.4 is 20.1 Å². The average molecular weight is 562 g/mol. The molecule has 0 saturated carbocycles. The van der Waals surface area contributed by atoms with E-state index in [4.69, 9.17) is 10.5 Å². The summed E-state index contributed by atoms with van der Waals surface area (Å²) in [5, 5.41) is 3.77. The number of pyridine rings is 1. The highest BCUT2D eigenvalue weighted by molar-refractivity contribution is 7.88. The van der Waals surface area contributed by atoms with Crippen LogP contribution in [0.15, 0.2) is 66.2 Å². The molecule has 0 aliphatic carbocycles. The lowest BCUT2D eigenvalue weighted by Crippen LogP contribution is -2.26. The van der Waals surface area contributed by atoms with Crippen LogP contribution in [0, 0.1) is 0 Å². The molecule has 3 heterocycles. The van der Waals surface area contributed by atoms with Gasteiger partial charge in [-0.15, -0.1) is 11.3 Å². The second-order valence-corrected chi connectivity index (χ2v) is 11.7. The standard InChI is InChI=1S/C28H27N5O4S2/c1-33(28(34)22-13-18-7-4-5-9-21(18)32-22)23-11-10-17(14-24(23)37-2)20-16-38-26-19(15-30-27(29)25(20)26)8-6-12-31-39(3,35)36/h4-11,13-16,31-32H,12H2,1-3H3,(H2,29,30). The molecule has 4 N–H and O–H groups in total. The third-order valence-electron chi connectivity index (χ3n) is 6.33. The van der Waals surface area contributed by atoms with Crippen LogP contribution in [0.2, 0.25) is 0 Å². The van der Waals surface area contributed by atoms with Gasteiger partial charge in [-0.3, -0.25) is 4.79 Å². The topological polar surface area (TPSA) is 130 Å². The molecule has 200 valence electrons. The fourth-order valence-electron chi connectivity index (χ4n) is 4.40. The van der Waals surface area contributed by atoms with Crippen LogP contribution in [0.4, 0.5) is 11.5 Å². The largest absolute Gasteiger partial charge is 0.495 e. The van der Waals surface area contributed by atoms with E-state index >= 15 is 0 Å². The van der Waals surface area contributed by atoms with Gasteiger partial charge in [0.05, 0.1) is 19.1 Å². The molecule has 0 aliphatic rings. The van der Waals surface area contributed by atoms with Gasteiger partial charge in [0.2, 0.25) is 10.0 Å². The van der Waals surface area contributed by atoms with E-state index in [1.807, 2.05) is 60.0 Å². The van der Waals surface area contributed by atoms with Crippen molar-refractivity contribution in [3.63, 3.8) is 0 Å². The third-order valence-corrected chi connectivity index (χ3v) is 8.05. The summed E-state index contributed by atoms with van der Waals surface area (Å²) in [6.45, 7) is 0.173. The molecule has 11 heteroatoms. The van der Waals surface area contributed by atoms with Crippen molar-refractivity contribution < 1.29 is 17.9 Å². The summed E-state index contributed by atoms with van der Waals surface area (Å²) in [5.74, 6) is 0.739. The number of nitrogen functional groups attached to an aromatic ring is 1. The second-order valence-electron chi connectivity index (χ2n) is 9.00. The van der Waals surface area contributed by atoms with Crippen LogP contribution in [-0.4, -0.2) is 51.3 Å². The zero-order valence-electron chi connectivity index (χ0n) is 21.6. The molecule has 2 aromatic carbocycles. The summed E-state index contributed by atoms with van der Waals surface area (Å²) < 4.78 is 31.7. The number of H-pyrrole nitrogens is 1. The SMILES string of the molecule is COc1cc(-c2csc3c(C=CCNS(C)(=O)=O)cnc(N)c23)ccc1N(C)C(=O)c1cc2ccccc2[nH]1. The zero-order valence-corrected chi connectivity index (χ0v) is 23.2. The van der Waals surface area contributed by atoms with E-state index in [1.165, 1.54) is 11.3 Å². The fourth-order valence-corrected chi connectivity index (χ4v) is 5.88. The van der Waals surface area contributed by atoms with Crippen molar-refractivity contribution in [1.29, 1.82) is 0 Å². The molecule has 0 bridgehead atoms. The minimum absolute atomic E-state index is 0.173. The van der Waals surface area contributed by atoms with Crippen LogP contribution >= 0.6 is 11.3 Å². The number of amides is 1. The lowest BCUT2D eigenvalue weighted by Gasteiger charge is -2.20. The lowest BCUT2D eigenvalue weighted by atomic mass is 10.0. The first kappa shape index (κ1) is 26.4. The minimum Gasteiger partial charge on any atom is -0.495 e. The first-order valence-corrected chi connectivity index (χ1v) is 14.7. The number of carbonyl (C=O) groups is 1. The molecule has 0 radical (unpaired) electrons. The molecule has 9 nitrogen and oxygen atoms in total. The van der Waals surface area contributed by atoms with E-state index in [1.54, 1.807) is 31.3 Å². The molecule has 5 rings (SSSR count). The number of methoxy groups -OCH3 is 1. The molecule has 1 amide bonds. The fraction of sp³-hybridized carbons (Fsp3) is 0.143. The van der Waals surface area contributed by atoms with Crippen molar-refractivity contribution in [1.82, 2.24) is 14.7 Å². The van der Waals surface area contributed by atoms with Crippen LogP contribution in [0.1, 0.15) is 16.1 Å². The van der Waals surface area contributed by atoms with Crippen LogP contribution in [0.5, 0.6) is 5.75 Å². The number of benzene rings is 2. The number of nitrogens with zero attached hydrogens (tertiary/aromatic N) is 2. The quantitative estimate of drug-likeness (QED) is 0.248. The summed E-state index contributed by atoms with van der Waals surface area (Å²) in [7, 11) is 0.00509. The summed E-state index contributed by atoms with van der Waals surface area (Å²) in [4.78, 5) is 22.4. The van der Waals surface area contributed by atoms with Crippen molar-refractivity contribution >= 4 is 65.8 Å². The Kier molecular flexibility index (Phi) is 7.13. The van der Waals surface area contributed by atoms with E-state index in [0.29, 0.717) is 22.9 Å². The number of thiophene rings is 1. The molecule has 3 aromatic heterocycles. The van der Waals surface area contributed by atoms with E-state index in [2.05, 4.69) is 14.7 Å². The maximum Gasteiger partial charge on any atom is 0.274 e. The number of sulfonamides is 1. The summed E-state index contributed by atoms with van der Waals surface area (Å²) in [5.41, 5.74) is 10.9. The number of aromatic amines is 1. The average Bonchev–Trinajstić information content (AvgIpc) is 3.56. The number of nitrogens with one attached hydrogen (secondary N) is 2. The number of anilines is 2. The highest BCUT2D eigenvalue weighted by Gasteiger charge is 2.21. The number of para-hydroxylation sites is 1. The number of carbonyl (C=O) groups excluding carboxylic acids is 1. The Hall–Kier alpha value is -4.19. The highest BCUT2D eigenvalue weighted by atomic mass is 32.2. The summed E-state index contributed by atoms with van der Waals surface area (Å²) in [6, 6.07) is 15.2. The van der Waals surface area contributed by atoms with Gasteiger partial charge in [0, 0.05) is 51.9 Å². The van der Waals surface area contributed by atoms with Gasteiger partial charge in [-0.1, -0.05) is 36.4 Å². The van der Waals surface area contributed by atoms with Gasteiger partial charge in [-0.05, 0) is 35.2 Å². The number of ether oxygens (including phenoxy) is 1. The molecule has 0 spiro atoms. The van der Waals surface area contributed by atoms with Crippen molar-refractivity contribution in [3.05, 3.63) is 77.4 Å². The van der Waals surface area contributed by atoms with E-state index in [-0.39, 0.29) is 12.5 Å². The van der Waals surface area contributed by atoms with Crippen molar-refractivity contribution in [3.8, 4) is 16.9 Å². The van der Waals surface area contributed by atoms with Crippen molar-refractivity contribution in [2.45, 2.75) is 0 Å². The highest BCUT2D eigenvalue weighted by Crippen LogP contribution is 2.41. The summed E-state index contributed by atoms with van der Waals surface area (Å²) in [6.07, 6.45) is 6.33. The minimum atomic E-state index is -3.28. The van der Waals surface area contributed by atoms with E-state index < -0.39 is 10.0 Å². The van der Waals surface area contributed by atoms with Crippen molar-refractivity contribution in [2.24, 2.45) is 0 Å². The first-order chi connectivity index (χ1) is 18.7. The lowest BCUT2D eigenvalue weighted by molar-refractivity contribution is 0.0988. The second kappa shape index (κ2) is 10.5. The Bertz CT molecular complexity index is 1810. The molecule has 39 heavy (non-hydrogen) atoms. The van der Waals surface area contributed by atoms with Gasteiger partial charge in [0.25, 0.3) is 5.91 Å². The van der Waals surface area contributed by atoms with Gasteiger partial charge in [-0.2, -0.15) is 0 Å². The van der Waals surface area contributed by atoms with Crippen molar-refractivity contribution in [2.75, 3.05) is 37.6 Å². The van der Waals surface area contributed by atoms with Gasteiger partial charge < -0.3 is 20.4 Å². The zero-order chi connectivity index (χ0) is 27.7. The molecular formula is C28H27N5O4S2. The smallest absolute Gasteiger partial charge is 0.274 e. The molecule has 0 saturated heterocycles. The Labute approximate surface area is 230 Å². The van der Waals surface area contributed by atoms with Gasteiger partial charge in [-0.25, -0.2) is 18.1 Å². The number of fused-ring (bicyclic) bond motifs is 2. The predicted molar refractivity (Wildman–Crippen MR) is 159 cm³/mol. The first-order valence-electron chi connectivity index (χ1n) is 12.0. The van der Waals surface area contributed by atoms with Crippen LogP contribution in [0.3, 0.4) is 0 Å². The molecule has 0 aliphatic heterocycles. The van der Waals surface area contributed by atoms with Gasteiger partial charge >= 0.3 is 0 Å². The normalized spacial score (nSPS) is 12.0. The number of nitrogens with two attached hydrogens (primary N) is 1. The monoisotopic (exact) mass is 561 g/mol. The number of hydrogen-bond donors (Lipinski definition) is 3. The maximum atomic E-state index is 13.3. The number of rotatable bonds is 8. The Balaban J connectivity index is 1.46. The summed E-state index contributed by atoms with van der Waals surface area (Å²) >= 11 is 1.52. The Morgan fingerprint density at radius 2 is 2.03 bits per heavy atom. The van der Waals surface area contributed by atoms with Crippen LogP contribution in [-0.2, 0) is 10.0 Å². The molecular weight excluding hydrogens is 534 g/mol. The predicted octanol–water partition coefficient (Wildman–Crippen LogP) is 4.87. The number of aromatic nitrogens is 2. The van der Waals surface area contributed by atoms with Gasteiger partial charge in [0.1, 0.15) is 17.3 Å². The third kappa shape index (κ3) is 5.37. The Morgan fingerprint density at radius 3 is 2.77 bits per heavy atom. The van der Waals surface area contributed by atoms with E-state index in [9.17, 15) is 13.2 Å². The molecule has 5 aromatic rings. The van der Waals surface area contributed by atoms with Crippen LogP contribution in [0.25, 0.3) is 38.2 Å². The molecule has 0 fully saturated rings. The van der Waals surface area contributed by atoms with E-state index in [0.717, 1.165) is 43.9 Å². The number of hydrogen-bond acceptors (Lipinski definition) is 7. The van der Waals surface area contributed by atoms with Gasteiger partial charge in [0.15, 0.2) is 0 Å². The Morgan fingerprint density at radius 1 is 1.23 bits per heavy atom.